The van der Waals surface area contributed by atoms with E-state index in [-0.39, 0.29) is 36.5 Å². The number of benzene rings is 6. The Bertz CT molecular complexity index is 4180. The molecule has 4 aromatic heterocycles. The Kier molecular flexibility index (Phi) is 15.2. The molecule has 6 aromatic carbocycles. The van der Waals surface area contributed by atoms with Gasteiger partial charge in [0.05, 0.1) is 23.9 Å². The van der Waals surface area contributed by atoms with E-state index in [2.05, 4.69) is 66.5 Å². The fourth-order valence-corrected chi connectivity index (χ4v) is 11.4. The Morgan fingerprint density at radius 1 is 0.535 bits per heavy atom. The molecule has 86 heavy (non-hydrogen) atoms. The van der Waals surface area contributed by atoms with E-state index in [4.69, 9.17) is 0 Å². The lowest BCUT2D eigenvalue weighted by molar-refractivity contribution is -0.116. The lowest BCUT2D eigenvalue weighted by Gasteiger charge is -2.36. The molecule has 4 aliphatic rings. The molecule has 1 saturated carbocycles. The number of carbonyl (C=O) groups excluding carboxylic acids is 4. The highest BCUT2D eigenvalue weighted by molar-refractivity contribution is 5.98. The molecule has 1 unspecified atom stereocenters. The zero-order valence-electron chi connectivity index (χ0n) is 46.7. The van der Waals surface area contributed by atoms with Crippen molar-refractivity contribution in [3.63, 3.8) is 0 Å². The topological polar surface area (TPSA) is 235 Å². The number of H-pyrrole nitrogens is 2. The number of rotatable bonds is 15. The van der Waals surface area contributed by atoms with Crippen LogP contribution in [0.5, 0.6) is 0 Å². The molecule has 3 saturated heterocycles. The van der Waals surface area contributed by atoms with Crippen LogP contribution in [0.1, 0.15) is 64.2 Å². The first kappa shape index (κ1) is 54.9. The van der Waals surface area contributed by atoms with E-state index < -0.39 is 11.6 Å². The number of nitrogens with one attached hydrogen (secondary N) is 6. The molecule has 1 aliphatic carbocycles. The number of aromatic amines is 2. The zero-order valence-corrected chi connectivity index (χ0v) is 46.7. The Labute approximate surface area is 492 Å². The molecule has 4 amide bonds. The molecule has 432 valence electrons. The van der Waals surface area contributed by atoms with Crippen molar-refractivity contribution < 1.29 is 28.0 Å². The van der Waals surface area contributed by atoms with Crippen LogP contribution in [0.2, 0.25) is 0 Å². The minimum absolute atomic E-state index is 0.0423. The second kappa shape index (κ2) is 23.8. The quantitative estimate of drug-likeness (QED) is 0.0561. The van der Waals surface area contributed by atoms with Gasteiger partial charge >= 0.3 is 0 Å². The smallest absolute Gasteiger partial charge is 0.253 e. The summed E-state index contributed by atoms with van der Waals surface area (Å²) in [7, 11) is 0. The Morgan fingerprint density at radius 2 is 1.03 bits per heavy atom. The van der Waals surface area contributed by atoms with Crippen LogP contribution in [0.4, 0.5) is 43.4 Å². The second-order valence-electron chi connectivity index (χ2n) is 22.4. The van der Waals surface area contributed by atoms with Crippen molar-refractivity contribution in [3.05, 3.63) is 192 Å². The molecule has 10 aromatic rings. The van der Waals surface area contributed by atoms with Crippen LogP contribution < -0.4 is 21.3 Å². The maximum Gasteiger partial charge on any atom is 0.253 e. The highest BCUT2D eigenvalue weighted by atomic mass is 19.1. The number of fused-ring (bicyclic) bond motifs is 2. The molecule has 0 bridgehead atoms. The van der Waals surface area contributed by atoms with Crippen LogP contribution in [0.3, 0.4) is 0 Å². The van der Waals surface area contributed by atoms with Gasteiger partial charge in [0, 0.05) is 89.0 Å². The van der Waals surface area contributed by atoms with Crippen LogP contribution in [-0.2, 0) is 22.4 Å². The van der Waals surface area contributed by atoms with Gasteiger partial charge in [-0.3, -0.25) is 34.3 Å². The number of halogens is 2. The van der Waals surface area contributed by atoms with Crippen LogP contribution in [0.25, 0.3) is 44.1 Å². The van der Waals surface area contributed by atoms with Gasteiger partial charge in [0.25, 0.3) is 11.8 Å². The third-order valence-electron chi connectivity index (χ3n) is 16.4. The molecule has 19 nitrogen and oxygen atoms in total. The fourth-order valence-electron chi connectivity index (χ4n) is 11.4. The number of aromatic nitrogens is 8. The minimum Gasteiger partial charge on any atom is -0.338 e. The molecule has 1 spiro atoms. The van der Waals surface area contributed by atoms with Crippen molar-refractivity contribution in [1.82, 2.24) is 55.0 Å². The number of carbonyl (C=O) groups is 4. The molecule has 14 rings (SSSR count). The molecule has 0 radical (unpaired) electrons. The number of likely N-dealkylation sites (tertiary alicyclic amines) is 3. The van der Waals surface area contributed by atoms with Crippen molar-refractivity contribution in [2.45, 2.75) is 51.0 Å². The van der Waals surface area contributed by atoms with E-state index in [0.717, 1.165) is 102 Å². The summed E-state index contributed by atoms with van der Waals surface area (Å²) in [6, 6.07) is 42.8. The summed E-state index contributed by atoms with van der Waals surface area (Å²) < 4.78 is 26.8. The number of anilines is 6. The van der Waals surface area contributed by atoms with Gasteiger partial charge < -0.3 is 31.1 Å². The van der Waals surface area contributed by atoms with E-state index in [1.54, 1.807) is 24.3 Å². The fraction of sp³-hybridized carbons (Fsp3) is 0.231. The molecular weight excluding hydrogens is 1090 g/mol. The van der Waals surface area contributed by atoms with Crippen molar-refractivity contribution in [3.8, 4) is 22.3 Å². The predicted octanol–water partition coefficient (Wildman–Crippen LogP) is 10.7. The van der Waals surface area contributed by atoms with Gasteiger partial charge in [-0.2, -0.15) is 10.2 Å². The second-order valence-corrected chi connectivity index (χ2v) is 22.4. The molecule has 1 atom stereocenters. The third kappa shape index (κ3) is 12.5. The van der Waals surface area contributed by atoms with E-state index in [9.17, 15) is 28.0 Å². The summed E-state index contributed by atoms with van der Waals surface area (Å²) in [6.45, 7) is 5.67. The average Bonchev–Trinajstić information content (AvgIpc) is 2.33. The Morgan fingerprint density at radius 3 is 1.50 bits per heavy atom. The van der Waals surface area contributed by atoms with Gasteiger partial charge in [-0.15, -0.1) is 0 Å². The van der Waals surface area contributed by atoms with E-state index in [1.165, 1.54) is 68.3 Å². The van der Waals surface area contributed by atoms with Gasteiger partial charge in [-0.1, -0.05) is 48.5 Å². The summed E-state index contributed by atoms with van der Waals surface area (Å²) >= 11 is 0. The Hall–Kier alpha value is -10.3. The molecule has 4 fully saturated rings. The van der Waals surface area contributed by atoms with Crippen molar-refractivity contribution in [2.75, 3.05) is 60.5 Å². The average molecular weight is 1150 g/mol. The molecule has 6 N–H and O–H groups in total. The van der Waals surface area contributed by atoms with E-state index >= 15 is 0 Å². The third-order valence-corrected chi connectivity index (χ3v) is 16.4. The van der Waals surface area contributed by atoms with Crippen LogP contribution in [0, 0.1) is 17.0 Å². The molecule has 3 aliphatic heterocycles. The first-order chi connectivity index (χ1) is 41.9. The first-order valence-corrected chi connectivity index (χ1v) is 28.7. The first-order valence-electron chi connectivity index (χ1n) is 28.7. The number of amides is 4. The standard InChI is InChI=1S/C33H31FN8O2.C32H28FN7O2/c34-24-3-1-4-25(16-24)37-31(43)18-26-17-30(40-39-26)38-32-28-10-9-23(15-29(28)35-20-36-32)21-5-7-22(8-6-21)33(44)42-14-11-27(19-42)41-12-2-13-41;33-23-2-1-3-24(15-23)36-29(41)17-25-16-28(39-38-25)37-30-26-9-8-22(14-27(26)34-19-35-30)20-4-6-21(7-5-20)31(42)40-13-12-32(18-40)10-11-32/h1,3-10,15-17,20,27H,2,11-14,18-19H2,(H,37,43)(H2,35,36,38,39,40);1-9,14-16,19H,10-13,17-18H2,(H,36,41)(H2,34,35,37,38,39). The number of hydrogen-bond donors (Lipinski definition) is 6. The zero-order chi connectivity index (χ0) is 58.7. The normalized spacial score (nSPS) is 15.9. The monoisotopic (exact) mass is 1150 g/mol. The van der Waals surface area contributed by atoms with Crippen LogP contribution in [-0.4, -0.2) is 124 Å². The molecule has 21 heteroatoms. The summed E-state index contributed by atoms with van der Waals surface area (Å²) in [5.74, 6) is 0.926. The number of nitrogens with zero attached hydrogens (tertiary/aromatic N) is 9. The Balaban J connectivity index is 0.000000160. The van der Waals surface area contributed by atoms with Crippen LogP contribution >= 0.6 is 0 Å². The van der Waals surface area contributed by atoms with Crippen molar-refractivity contribution in [2.24, 2.45) is 5.41 Å². The molecular formula is C65H59F2N15O4. The lowest BCUT2D eigenvalue weighted by Crippen LogP contribution is -2.46. The lowest BCUT2D eigenvalue weighted by atomic mass is 10.0. The summed E-state index contributed by atoms with van der Waals surface area (Å²) in [6.07, 6.45) is 9.00. The predicted molar refractivity (Wildman–Crippen MR) is 324 cm³/mol. The highest BCUT2D eigenvalue weighted by Gasteiger charge is 2.49. The number of hydrogen-bond acceptors (Lipinski definition) is 13. The summed E-state index contributed by atoms with van der Waals surface area (Å²) in [4.78, 5) is 75.0. The SMILES string of the molecule is O=C(Cc1cc(Nc2ncnc3cc(-c4ccc(C(=O)N5CCC(N6CCC6)C5)cc4)ccc23)n[nH]1)Nc1cccc(F)c1.O=C(Cc1cc(Nc2ncnc3cc(-c4ccc(C(=O)N5CCC6(CC6)C5)cc4)ccc23)n[nH]1)Nc1cccc(F)c1. The maximum absolute atomic E-state index is 13.4. The van der Waals surface area contributed by atoms with Gasteiger partial charge in [-0.25, -0.2) is 28.7 Å². The van der Waals surface area contributed by atoms with E-state index in [0.29, 0.717) is 63.1 Å². The van der Waals surface area contributed by atoms with Crippen LogP contribution in [0.15, 0.2) is 158 Å². The van der Waals surface area contributed by atoms with Gasteiger partial charge in [0.1, 0.15) is 35.9 Å². The van der Waals surface area contributed by atoms with Gasteiger partial charge in [-0.05, 0) is 158 Å². The highest BCUT2D eigenvalue weighted by Crippen LogP contribution is 2.53. The summed E-state index contributed by atoms with van der Waals surface area (Å²) in [5.41, 5.74) is 9.24. The van der Waals surface area contributed by atoms with E-state index in [1.807, 2.05) is 94.7 Å². The maximum atomic E-state index is 13.4. The van der Waals surface area contributed by atoms with Crippen molar-refractivity contribution in [1.29, 1.82) is 0 Å². The van der Waals surface area contributed by atoms with Gasteiger partial charge in [0.15, 0.2) is 11.6 Å². The van der Waals surface area contributed by atoms with Gasteiger partial charge in [0.2, 0.25) is 11.8 Å². The summed E-state index contributed by atoms with van der Waals surface area (Å²) in [5, 5.41) is 27.6. The minimum atomic E-state index is -0.419. The molecule has 7 heterocycles. The largest absolute Gasteiger partial charge is 0.338 e. The van der Waals surface area contributed by atoms with Crippen molar-refractivity contribution >= 4 is 80.1 Å².